The number of carbonyl (C=O) groups excluding carboxylic acids is 1. The van der Waals surface area contributed by atoms with Crippen LogP contribution in [0, 0.1) is 5.92 Å². The molecule has 0 spiro atoms. The Kier molecular flexibility index (Phi) is 5.60. The normalized spacial score (nSPS) is 22.5. The van der Waals surface area contributed by atoms with Crippen LogP contribution in [0.5, 0.6) is 0 Å². The number of benzene rings is 1. The first-order chi connectivity index (χ1) is 9.69. The van der Waals surface area contributed by atoms with Crippen LogP contribution in [-0.2, 0) is 22.5 Å². The molecule has 0 aromatic heterocycles. The van der Waals surface area contributed by atoms with Crippen LogP contribution in [0.3, 0.4) is 0 Å². The fourth-order valence-corrected chi connectivity index (χ4v) is 2.85. The van der Waals surface area contributed by atoms with Crippen molar-refractivity contribution in [3.8, 4) is 0 Å². The third-order valence-electron chi connectivity index (χ3n) is 4.28. The Labute approximate surface area is 121 Å². The lowest BCUT2D eigenvalue weighted by molar-refractivity contribution is -0.139. The summed E-state index contributed by atoms with van der Waals surface area (Å²) in [6, 6.07) is 8.73. The molecule has 0 aliphatic heterocycles. The molecule has 1 N–H and O–H groups in total. The molecule has 3 nitrogen and oxygen atoms in total. The van der Waals surface area contributed by atoms with Crippen LogP contribution in [0.2, 0.25) is 0 Å². The van der Waals surface area contributed by atoms with Crippen LogP contribution >= 0.6 is 0 Å². The molecule has 110 valence electrons. The van der Waals surface area contributed by atoms with Gasteiger partial charge in [0.2, 0.25) is 0 Å². The Balaban J connectivity index is 1.90. The first-order valence-corrected chi connectivity index (χ1v) is 7.56. The molecule has 0 unspecified atom stereocenters. The van der Waals surface area contributed by atoms with Crippen molar-refractivity contribution in [1.29, 1.82) is 0 Å². The maximum absolute atomic E-state index is 11.4. The van der Waals surface area contributed by atoms with E-state index in [4.69, 9.17) is 4.74 Å². The lowest BCUT2D eigenvalue weighted by Gasteiger charge is -2.27. The summed E-state index contributed by atoms with van der Waals surface area (Å²) in [5.41, 5.74) is 2.27. The number of nitrogens with one attached hydrogen (secondary N) is 1. The summed E-state index contributed by atoms with van der Waals surface area (Å²) in [7, 11) is 1.44. The molecule has 0 bridgehead atoms. The first-order valence-electron chi connectivity index (χ1n) is 7.56. The second kappa shape index (κ2) is 7.44. The summed E-state index contributed by atoms with van der Waals surface area (Å²) >= 11 is 0. The summed E-state index contributed by atoms with van der Waals surface area (Å²) in [5.74, 6) is 0.698. The fourth-order valence-electron chi connectivity index (χ4n) is 2.85. The molecule has 1 aromatic carbocycles. The van der Waals surface area contributed by atoms with Gasteiger partial charge >= 0.3 is 5.97 Å². The summed E-state index contributed by atoms with van der Waals surface area (Å²) < 4.78 is 4.76. The van der Waals surface area contributed by atoms with Crippen LogP contribution < -0.4 is 5.32 Å². The van der Waals surface area contributed by atoms with Crippen LogP contribution in [0.15, 0.2) is 24.3 Å². The third kappa shape index (κ3) is 4.34. The van der Waals surface area contributed by atoms with E-state index in [0.29, 0.717) is 12.5 Å². The van der Waals surface area contributed by atoms with Gasteiger partial charge in [0.15, 0.2) is 0 Å². The molecule has 0 heterocycles. The van der Waals surface area contributed by atoms with Crippen molar-refractivity contribution in [3.05, 3.63) is 35.4 Å². The van der Waals surface area contributed by atoms with Crippen molar-refractivity contribution in [2.24, 2.45) is 5.92 Å². The Morgan fingerprint density at radius 2 is 1.85 bits per heavy atom. The van der Waals surface area contributed by atoms with E-state index in [9.17, 15) is 4.79 Å². The maximum Gasteiger partial charge on any atom is 0.309 e. The summed E-state index contributed by atoms with van der Waals surface area (Å²) in [6.45, 7) is 3.17. The summed E-state index contributed by atoms with van der Waals surface area (Å²) in [5, 5.41) is 3.64. The third-order valence-corrected chi connectivity index (χ3v) is 4.28. The van der Waals surface area contributed by atoms with Gasteiger partial charge in [0.05, 0.1) is 13.5 Å². The van der Waals surface area contributed by atoms with Gasteiger partial charge in [-0.2, -0.15) is 0 Å². The quantitative estimate of drug-likeness (QED) is 0.839. The molecule has 0 amide bonds. The molecule has 0 saturated heterocycles. The van der Waals surface area contributed by atoms with E-state index in [1.807, 2.05) is 18.2 Å². The standard InChI is InChI=1S/C17H25NO2/c1-13-7-9-16(10-8-13)18-12-15-6-4-3-5-14(15)11-17(19)20-2/h3-6,13,16,18H,7-12H2,1-2H3. The lowest BCUT2D eigenvalue weighted by atomic mass is 9.87. The molecule has 1 aromatic rings. The van der Waals surface area contributed by atoms with Crippen LogP contribution in [0.25, 0.3) is 0 Å². The van der Waals surface area contributed by atoms with Gasteiger partial charge in [0.1, 0.15) is 0 Å². The van der Waals surface area contributed by atoms with E-state index >= 15 is 0 Å². The maximum atomic E-state index is 11.4. The van der Waals surface area contributed by atoms with Crippen LogP contribution in [0.4, 0.5) is 0 Å². The summed E-state index contributed by atoms with van der Waals surface area (Å²) in [6.07, 6.45) is 5.53. The second-order valence-electron chi connectivity index (χ2n) is 5.86. The van der Waals surface area contributed by atoms with Gasteiger partial charge in [-0.15, -0.1) is 0 Å². The van der Waals surface area contributed by atoms with E-state index in [-0.39, 0.29) is 5.97 Å². The van der Waals surface area contributed by atoms with Gasteiger partial charge in [-0.05, 0) is 42.7 Å². The smallest absolute Gasteiger partial charge is 0.309 e. The molecule has 3 heteroatoms. The van der Waals surface area contributed by atoms with Crippen LogP contribution in [-0.4, -0.2) is 19.1 Å². The highest BCUT2D eigenvalue weighted by atomic mass is 16.5. The topological polar surface area (TPSA) is 38.3 Å². The van der Waals surface area contributed by atoms with E-state index in [1.54, 1.807) is 0 Å². The molecular formula is C17H25NO2. The zero-order valence-corrected chi connectivity index (χ0v) is 12.5. The average Bonchev–Trinajstić information content (AvgIpc) is 2.48. The van der Waals surface area contributed by atoms with Gasteiger partial charge in [-0.3, -0.25) is 4.79 Å². The van der Waals surface area contributed by atoms with E-state index in [2.05, 4.69) is 18.3 Å². The zero-order chi connectivity index (χ0) is 14.4. The monoisotopic (exact) mass is 275 g/mol. The molecule has 20 heavy (non-hydrogen) atoms. The predicted octanol–water partition coefficient (Wildman–Crippen LogP) is 3.07. The highest BCUT2D eigenvalue weighted by Gasteiger charge is 2.18. The highest BCUT2D eigenvalue weighted by molar-refractivity contribution is 5.72. The van der Waals surface area contributed by atoms with Gasteiger partial charge in [-0.25, -0.2) is 0 Å². The minimum Gasteiger partial charge on any atom is -0.469 e. The molecule has 1 saturated carbocycles. The van der Waals surface area contributed by atoms with Crippen molar-refractivity contribution in [1.82, 2.24) is 5.32 Å². The number of rotatable bonds is 5. The number of ether oxygens (including phenoxy) is 1. The van der Waals surface area contributed by atoms with E-state index in [1.165, 1.54) is 38.4 Å². The van der Waals surface area contributed by atoms with Gasteiger partial charge in [0.25, 0.3) is 0 Å². The average molecular weight is 275 g/mol. The molecular weight excluding hydrogens is 250 g/mol. The Morgan fingerprint density at radius 3 is 2.50 bits per heavy atom. The molecule has 1 aliphatic rings. The highest BCUT2D eigenvalue weighted by Crippen LogP contribution is 2.23. The van der Waals surface area contributed by atoms with Gasteiger partial charge in [-0.1, -0.05) is 31.2 Å². The minimum absolute atomic E-state index is 0.177. The zero-order valence-electron chi connectivity index (χ0n) is 12.5. The largest absolute Gasteiger partial charge is 0.469 e. The van der Waals surface area contributed by atoms with Gasteiger partial charge < -0.3 is 10.1 Å². The van der Waals surface area contributed by atoms with E-state index in [0.717, 1.165) is 18.0 Å². The number of carbonyl (C=O) groups is 1. The SMILES string of the molecule is COC(=O)Cc1ccccc1CNC1CCC(C)CC1. The molecule has 0 atom stereocenters. The summed E-state index contributed by atoms with van der Waals surface area (Å²) in [4.78, 5) is 11.4. The van der Waals surface area contributed by atoms with Crippen molar-refractivity contribution in [3.63, 3.8) is 0 Å². The second-order valence-corrected chi connectivity index (χ2v) is 5.86. The molecule has 1 aliphatic carbocycles. The number of hydrogen-bond donors (Lipinski definition) is 1. The number of methoxy groups -OCH3 is 1. The van der Waals surface area contributed by atoms with Crippen LogP contribution in [0.1, 0.15) is 43.7 Å². The van der Waals surface area contributed by atoms with Crippen molar-refractivity contribution >= 4 is 5.97 Å². The fraction of sp³-hybridized carbons (Fsp3) is 0.588. The number of hydrogen-bond acceptors (Lipinski definition) is 3. The predicted molar refractivity (Wildman–Crippen MR) is 80.4 cm³/mol. The van der Waals surface area contributed by atoms with Crippen molar-refractivity contribution < 1.29 is 9.53 Å². The minimum atomic E-state index is -0.177. The Morgan fingerprint density at radius 1 is 1.20 bits per heavy atom. The van der Waals surface area contributed by atoms with E-state index < -0.39 is 0 Å². The molecule has 1 fully saturated rings. The Hall–Kier alpha value is -1.35. The molecule has 2 rings (SSSR count). The number of esters is 1. The van der Waals surface area contributed by atoms with Crippen molar-refractivity contribution in [2.45, 2.75) is 51.6 Å². The molecule has 0 radical (unpaired) electrons. The Bertz CT molecular complexity index is 436. The van der Waals surface area contributed by atoms with Crippen molar-refractivity contribution in [2.75, 3.05) is 7.11 Å². The lowest BCUT2D eigenvalue weighted by Crippen LogP contribution is -2.32. The first kappa shape index (κ1) is 15.0. The van der Waals surface area contributed by atoms with Gasteiger partial charge in [0, 0.05) is 12.6 Å².